The van der Waals surface area contributed by atoms with E-state index in [1.165, 1.54) is 0 Å². The molecular formula is C13H15NO4. The summed E-state index contributed by atoms with van der Waals surface area (Å²) in [5.41, 5.74) is 0.918. The van der Waals surface area contributed by atoms with Crippen LogP contribution >= 0.6 is 0 Å². The number of carboxylic acid groups (broad SMARTS) is 1. The van der Waals surface area contributed by atoms with Crippen molar-refractivity contribution >= 4 is 16.9 Å². The minimum absolute atomic E-state index is 0.00247. The number of aryl methyl sites for hydroxylation is 1. The first kappa shape index (κ1) is 13.8. The smallest absolute Gasteiger partial charge is 0.300 e. The number of hydrogen-bond donors (Lipinski definition) is 1. The summed E-state index contributed by atoms with van der Waals surface area (Å²) < 4.78 is 6.72. The van der Waals surface area contributed by atoms with Crippen LogP contribution in [0.2, 0.25) is 0 Å². The molecule has 5 nitrogen and oxygen atoms in total. The van der Waals surface area contributed by atoms with Crippen molar-refractivity contribution in [3.8, 4) is 5.75 Å². The average molecular weight is 249 g/mol. The lowest BCUT2D eigenvalue weighted by Crippen LogP contribution is -2.14. The van der Waals surface area contributed by atoms with Gasteiger partial charge in [-0.25, -0.2) is 0 Å². The number of methoxy groups -OCH3 is 1. The zero-order valence-electron chi connectivity index (χ0n) is 10.5. The van der Waals surface area contributed by atoms with Crippen molar-refractivity contribution in [1.29, 1.82) is 0 Å². The van der Waals surface area contributed by atoms with E-state index in [2.05, 4.69) is 0 Å². The van der Waals surface area contributed by atoms with Crippen LogP contribution in [0.3, 0.4) is 0 Å². The second-order valence-corrected chi connectivity index (χ2v) is 3.67. The van der Waals surface area contributed by atoms with Gasteiger partial charge in [0.25, 0.3) is 11.5 Å². The molecule has 0 aliphatic rings. The van der Waals surface area contributed by atoms with Gasteiger partial charge in [0.05, 0.1) is 12.6 Å². The van der Waals surface area contributed by atoms with Gasteiger partial charge in [-0.05, 0) is 24.3 Å². The third-order valence-corrected chi connectivity index (χ3v) is 2.33. The molecule has 0 saturated carbocycles. The van der Waals surface area contributed by atoms with E-state index in [9.17, 15) is 4.79 Å². The van der Waals surface area contributed by atoms with Crippen LogP contribution < -0.4 is 10.3 Å². The molecule has 18 heavy (non-hydrogen) atoms. The van der Waals surface area contributed by atoms with Gasteiger partial charge in [-0.2, -0.15) is 0 Å². The number of rotatable bonds is 1. The molecule has 0 aliphatic carbocycles. The molecule has 1 aromatic carbocycles. The number of aromatic nitrogens is 1. The van der Waals surface area contributed by atoms with Crippen molar-refractivity contribution in [2.45, 2.75) is 6.92 Å². The molecule has 0 amide bonds. The number of nitrogens with zero attached hydrogens (tertiary/aromatic N) is 1. The molecule has 0 aliphatic heterocycles. The lowest BCUT2D eigenvalue weighted by molar-refractivity contribution is -0.134. The predicted molar refractivity (Wildman–Crippen MR) is 69.1 cm³/mol. The van der Waals surface area contributed by atoms with Crippen molar-refractivity contribution in [1.82, 2.24) is 4.57 Å². The molecular weight excluding hydrogens is 234 g/mol. The fourth-order valence-corrected chi connectivity index (χ4v) is 1.49. The first-order chi connectivity index (χ1) is 8.45. The first-order valence-electron chi connectivity index (χ1n) is 5.29. The first-order valence-corrected chi connectivity index (χ1v) is 5.29. The SMILES string of the molecule is CC(=O)O.COc1ccc2c(ccc(=O)n2C)c1. The number of benzene rings is 1. The molecule has 0 fully saturated rings. The normalized spacial score (nSPS) is 9.50. The van der Waals surface area contributed by atoms with E-state index in [-0.39, 0.29) is 5.56 Å². The van der Waals surface area contributed by atoms with E-state index in [1.54, 1.807) is 30.9 Å². The van der Waals surface area contributed by atoms with Crippen molar-refractivity contribution in [3.05, 3.63) is 40.7 Å². The number of hydrogen-bond acceptors (Lipinski definition) is 3. The van der Waals surface area contributed by atoms with Gasteiger partial charge in [0.15, 0.2) is 0 Å². The second-order valence-electron chi connectivity index (χ2n) is 3.67. The van der Waals surface area contributed by atoms with E-state index in [0.29, 0.717) is 0 Å². The Balaban J connectivity index is 0.000000357. The molecule has 0 bridgehead atoms. The zero-order chi connectivity index (χ0) is 13.7. The Morgan fingerprint density at radius 3 is 2.44 bits per heavy atom. The van der Waals surface area contributed by atoms with Gasteiger partial charge >= 0.3 is 0 Å². The fourth-order valence-electron chi connectivity index (χ4n) is 1.49. The number of carboxylic acids is 1. The molecule has 96 valence electrons. The molecule has 2 rings (SSSR count). The van der Waals surface area contributed by atoms with Gasteiger partial charge in [-0.15, -0.1) is 0 Å². The van der Waals surface area contributed by atoms with Gasteiger partial charge in [-0.1, -0.05) is 0 Å². The summed E-state index contributed by atoms with van der Waals surface area (Å²) in [6.07, 6.45) is 0. The molecule has 1 heterocycles. The Morgan fingerprint density at radius 2 is 1.89 bits per heavy atom. The third kappa shape index (κ3) is 3.35. The van der Waals surface area contributed by atoms with Crippen molar-refractivity contribution in [2.75, 3.05) is 7.11 Å². The number of fused-ring (bicyclic) bond motifs is 1. The highest BCUT2D eigenvalue weighted by Gasteiger charge is 1.99. The van der Waals surface area contributed by atoms with Crippen LogP contribution in [0.15, 0.2) is 35.1 Å². The van der Waals surface area contributed by atoms with Crippen molar-refractivity contribution in [3.63, 3.8) is 0 Å². The minimum Gasteiger partial charge on any atom is -0.497 e. The summed E-state index contributed by atoms with van der Waals surface area (Å²) in [7, 11) is 3.39. The maximum atomic E-state index is 11.3. The Hall–Kier alpha value is -2.30. The lowest BCUT2D eigenvalue weighted by Gasteiger charge is -2.05. The van der Waals surface area contributed by atoms with E-state index < -0.39 is 5.97 Å². The quantitative estimate of drug-likeness (QED) is 0.834. The van der Waals surface area contributed by atoms with Crippen LogP contribution in [0, 0.1) is 0 Å². The second kappa shape index (κ2) is 5.86. The number of aliphatic carboxylic acids is 1. The van der Waals surface area contributed by atoms with E-state index in [0.717, 1.165) is 23.6 Å². The molecule has 1 aromatic heterocycles. The number of carbonyl (C=O) groups is 1. The Kier molecular flexibility index (Phi) is 4.48. The van der Waals surface area contributed by atoms with Crippen LogP contribution in [-0.2, 0) is 11.8 Å². The van der Waals surface area contributed by atoms with Crippen LogP contribution in [0.5, 0.6) is 5.75 Å². The molecule has 0 spiro atoms. The highest BCUT2D eigenvalue weighted by atomic mass is 16.5. The monoisotopic (exact) mass is 249 g/mol. The molecule has 0 atom stereocenters. The van der Waals surface area contributed by atoms with Crippen molar-refractivity contribution < 1.29 is 14.6 Å². The fraction of sp³-hybridized carbons (Fsp3) is 0.231. The van der Waals surface area contributed by atoms with Gasteiger partial charge < -0.3 is 14.4 Å². The summed E-state index contributed by atoms with van der Waals surface area (Å²) >= 11 is 0. The Bertz CT molecular complexity index is 612. The molecule has 2 aromatic rings. The van der Waals surface area contributed by atoms with Gasteiger partial charge in [0.1, 0.15) is 5.75 Å². The van der Waals surface area contributed by atoms with E-state index >= 15 is 0 Å². The highest BCUT2D eigenvalue weighted by Crippen LogP contribution is 2.18. The molecule has 0 radical (unpaired) electrons. The van der Waals surface area contributed by atoms with Gasteiger partial charge in [0.2, 0.25) is 0 Å². The van der Waals surface area contributed by atoms with Gasteiger partial charge in [0, 0.05) is 25.4 Å². The van der Waals surface area contributed by atoms with E-state index in [1.807, 2.05) is 18.2 Å². The molecule has 5 heteroatoms. The third-order valence-electron chi connectivity index (χ3n) is 2.33. The predicted octanol–water partition coefficient (Wildman–Crippen LogP) is 1.64. The topological polar surface area (TPSA) is 68.5 Å². The summed E-state index contributed by atoms with van der Waals surface area (Å²) in [5, 5.41) is 8.42. The number of pyridine rings is 1. The molecule has 1 N–H and O–H groups in total. The summed E-state index contributed by atoms with van der Waals surface area (Å²) in [5.74, 6) is -0.0313. The van der Waals surface area contributed by atoms with Crippen LogP contribution in [0.25, 0.3) is 10.9 Å². The molecule has 0 unspecified atom stereocenters. The summed E-state index contributed by atoms with van der Waals surface area (Å²) in [6.45, 7) is 1.08. The Labute approximate surface area is 104 Å². The van der Waals surface area contributed by atoms with Gasteiger partial charge in [-0.3, -0.25) is 9.59 Å². The maximum Gasteiger partial charge on any atom is 0.300 e. The standard InChI is InChI=1S/C11H11NO2.C2H4O2/c1-12-10-5-4-9(14-2)7-8(10)3-6-11(12)13;1-2(3)4/h3-7H,1-2H3;1H3,(H,3,4). The highest BCUT2D eigenvalue weighted by molar-refractivity contribution is 5.80. The van der Waals surface area contributed by atoms with Crippen LogP contribution in [0.4, 0.5) is 0 Å². The average Bonchev–Trinajstić information content (AvgIpc) is 2.33. The zero-order valence-corrected chi connectivity index (χ0v) is 10.5. The number of ether oxygens (including phenoxy) is 1. The van der Waals surface area contributed by atoms with E-state index in [4.69, 9.17) is 14.6 Å². The Morgan fingerprint density at radius 1 is 1.28 bits per heavy atom. The lowest BCUT2D eigenvalue weighted by atomic mass is 10.2. The largest absolute Gasteiger partial charge is 0.497 e. The maximum absolute atomic E-state index is 11.3. The minimum atomic E-state index is -0.833. The van der Waals surface area contributed by atoms with Crippen LogP contribution in [-0.4, -0.2) is 22.8 Å². The van der Waals surface area contributed by atoms with Crippen LogP contribution in [0.1, 0.15) is 6.92 Å². The molecule has 0 saturated heterocycles. The van der Waals surface area contributed by atoms with Crippen molar-refractivity contribution in [2.24, 2.45) is 7.05 Å². The summed E-state index contributed by atoms with van der Waals surface area (Å²) in [6, 6.07) is 9.01. The summed E-state index contributed by atoms with van der Waals surface area (Å²) in [4.78, 5) is 20.3.